The Morgan fingerprint density at radius 2 is 1.62 bits per heavy atom. The lowest BCUT2D eigenvalue weighted by Crippen LogP contribution is -2.41. The predicted molar refractivity (Wildman–Crippen MR) is 107 cm³/mol. The van der Waals surface area contributed by atoms with Gasteiger partial charge in [0.1, 0.15) is 0 Å². The van der Waals surface area contributed by atoms with Crippen molar-refractivity contribution in [2.45, 2.75) is 18.0 Å². The van der Waals surface area contributed by atoms with E-state index < -0.39 is 33.6 Å². The van der Waals surface area contributed by atoms with Gasteiger partial charge in [0.15, 0.2) is 5.76 Å². The Hall–Kier alpha value is -3.80. The number of benzene rings is 2. The summed E-state index contributed by atoms with van der Waals surface area (Å²) in [5.41, 5.74) is 3.38. The van der Waals surface area contributed by atoms with E-state index in [9.17, 15) is 31.2 Å². The van der Waals surface area contributed by atoms with Crippen LogP contribution < -0.4 is 15.6 Å². The second kappa shape index (κ2) is 8.75. The molecule has 0 bridgehead atoms. The van der Waals surface area contributed by atoms with Crippen molar-refractivity contribution in [3.8, 4) is 0 Å². The summed E-state index contributed by atoms with van der Waals surface area (Å²) in [5, 5.41) is 0. The van der Waals surface area contributed by atoms with Crippen LogP contribution in [0.5, 0.6) is 0 Å². The van der Waals surface area contributed by atoms with Crippen molar-refractivity contribution in [1.82, 2.24) is 10.9 Å². The largest absolute Gasteiger partial charge is 0.459 e. The van der Waals surface area contributed by atoms with Crippen LogP contribution >= 0.6 is 0 Å². The van der Waals surface area contributed by atoms with E-state index >= 15 is 0 Å². The van der Waals surface area contributed by atoms with E-state index in [1.165, 1.54) is 18.4 Å². The molecule has 2 amide bonds. The maximum atomic E-state index is 12.8. The molecule has 32 heavy (non-hydrogen) atoms. The molecular weight excluding hydrogens is 451 g/mol. The van der Waals surface area contributed by atoms with Gasteiger partial charge in [0, 0.05) is 16.8 Å². The highest BCUT2D eigenvalue weighted by Crippen LogP contribution is 2.31. The lowest BCUT2D eigenvalue weighted by Gasteiger charge is -2.12. The van der Waals surface area contributed by atoms with Crippen molar-refractivity contribution in [1.29, 1.82) is 0 Å². The van der Waals surface area contributed by atoms with E-state index in [1.54, 1.807) is 13.0 Å². The Bertz CT molecular complexity index is 1270. The molecule has 0 saturated carbocycles. The summed E-state index contributed by atoms with van der Waals surface area (Å²) in [4.78, 5) is 23.9. The molecule has 0 aliphatic heterocycles. The van der Waals surface area contributed by atoms with Crippen molar-refractivity contribution in [3.63, 3.8) is 0 Å². The molecule has 0 spiro atoms. The number of hydrazine groups is 1. The van der Waals surface area contributed by atoms with E-state index in [0.717, 1.165) is 30.3 Å². The van der Waals surface area contributed by atoms with Gasteiger partial charge in [0.05, 0.1) is 16.7 Å². The second-order valence-corrected chi connectivity index (χ2v) is 8.24. The first-order valence-electron chi connectivity index (χ1n) is 8.92. The Morgan fingerprint density at radius 1 is 0.938 bits per heavy atom. The number of hydrogen-bond acceptors (Lipinski definition) is 5. The van der Waals surface area contributed by atoms with E-state index in [0.29, 0.717) is 11.6 Å². The zero-order valence-electron chi connectivity index (χ0n) is 16.4. The molecule has 3 N–H and O–H groups in total. The molecule has 0 aliphatic rings. The van der Waals surface area contributed by atoms with Crippen LogP contribution in [0, 0.1) is 6.92 Å². The number of halogens is 3. The Balaban J connectivity index is 1.74. The monoisotopic (exact) mass is 467 g/mol. The third-order valence-corrected chi connectivity index (χ3v) is 5.59. The Morgan fingerprint density at radius 3 is 2.28 bits per heavy atom. The van der Waals surface area contributed by atoms with Crippen LogP contribution in [0.15, 0.2) is 70.2 Å². The maximum Gasteiger partial charge on any atom is 0.416 e. The van der Waals surface area contributed by atoms with E-state index in [2.05, 4.69) is 10.9 Å². The molecule has 3 aromatic rings. The van der Waals surface area contributed by atoms with Gasteiger partial charge in [-0.2, -0.15) is 13.2 Å². The van der Waals surface area contributed by atoms with Gasteiger partial charge in [0.2, 0.25) is 0 Å². The van der Waals surface area contributed by atoms with Crippen molar-refractivity contribution in [2.24, 2.45) is 0 Å². The molecule has 0 aliphatic carbocycles. The summed E-state index contributed by atoms with van der Waals surface area (Å²) in [6.45, 7) is 1.63. The highest BCUT2D eigenvalue weighted by Gasteiger charge is 2.30. The minimum atomic E-state index is -4.64. The average Bonchev–Trinajstić information content (AvgIpc) is 3.17. The van der Waals surface area contributed by atoms with Gasteiger partial charge >= 0.3 is 12.1 Å². The minimum Gasteiger partial charge on any atom is -0.459 e. The Kier molecular flexibility index (Phi) is 6.25. The summed E-state index contributed by atoms with van der Waals surface area (Å²) in [5.74, 6) is -1.54. The zero-order chi connectivity index (χ0) is 23.5. The third kappa shape index (κ3) is 5.27. The van der Waals surface area contributed by atoms with Gasteiger partial charge in [-0.05, 0) is 49.4 Å². The molecule has 0 fully saturated rings. The van der Waals surface area contributed by atoms with Gasteiger partial charge in [-0.25, -0.2) is 8.42 Å². The summed E-state index contributed by atoms with van der Waals surface area (Å²) in [7, 11) is -4.30. The fraction of sp³-hybridized carbons (Fsp3) is 0.100. The number of carbonyl (C=O) groups is 2. The fourth-order valence-electron chi connectivity index (χ4n) is 2.63. The van der Waals surface area contributed by atoms with Gasteiger partial charge in [-0.15, -0.1) is 0 Å². The normalized spacial score (nSPS) is 11.6. The zero-order valence-corrected chi connectivity index (χ0v) is 17.2. The van der Waals surface area contributed by atoms with Crippen LogP contribution in [-0.2, 0) is 16.2 Å². The first kappa shape index (κ1) is 22.9. The first-order chi connectivity index (χ1) is 15.0. The van der Waals surface area contributed by atoms with E-state index in [4.69, 9.17) is 4.42 Å². The van der Waals surface area contributed by atoms with Crippen LogP contribution in [0.2, 0.25) is 0 Å². The number of hydrogen-bond donors (Lipinski definition) is 3. The third-order valence-electron chi connectivity index (χ3n) is 4.21. The van der Waals surface area contributed by atoms with Crippen molar-refractivity contribution >= 4 is 27.5 Å². The number of sulfonamides is 1. The Labute approximate surface area is 180 Å². The SMILES string of the molecule is Cc1ccoc1C(=O)NNC(=O)c1cccc(S(=O)(=O)Nc2cccc(C(F)(F)F)c2)c1. The predicted octanol–water partition coefficient (Wildman–Crippen LogP) is 3.48. The molecule has 1 aromatic heterocycles. The summed E-state index contributed by atoms with van der Waals surface area (Å²) in [6.07, 6.45) is -3.34. The lowest BCUT2D eigenvalue weighted by molar-refractivity contribution is -0.137. The van der Waals surface area contributed by atoms with E-state index in [-0.39, 0.29) is 21.9 Å². The summed E-state index contributed by atoms with van der Waals surface area (Å²) < 4.78 is 70.8. The highest BCUT2D eigenvalue weighted by atomic mass is 32.2. The second-order valence-electron chi connectivity index (χ2n) is 6.55. The number of aryl methyl sites for hydroxylation is 1. The number of amides is 2. The molecule has 3 rings (SSSR count). The number of alkyl halides is 3. The maximum absolute atomic E-state index is 12.8. The number of nitrogens with one attached hydrogen (secondary N) is 3. The summed E-state index contributed by atoms with van der Waals surface area (Å²) >= 11 is 0. The minimum absolute atomic E-state index is 0.00749. The molecule has 1 heterocycles. The van der Waals surface area contributed by atoms with Crippen LogP contribution in [0.4, 0.5) is 18.9 Å². The molecule has 12 heteroatoms. The van der Waals surface area contributed by atoms with Crippen molar-refractivity contribution in [3.05, 3.63) is 83.3 Å². The van der Waals surface area contributed by atoms with Crippen molar-refractivity contribution < 1.29 is 35.6 Å². The smallest absolute Gasteiger partial charge is 0.416 e. The molecule has 0 radical (unpaired) electrons. The standard InChI is InChI=1S/C20H16F3N3O5S/c1-12-8-9-31-17(12)19(28)25-24-18(27)13-4-2-7-16(10-13)32(29,30)26-15-6-3-5-14(11-15)20(21,22)23/h2-11,26H,1H3,(H,24,27)(H,25,28). The number of anilines is 1. The van der Waals surface area contributed by atoms with Crippen LogP contribution in [-0.4, -0.2) is 20.2 Å². The molecular formula is C20H16F3N3O5S. The quantitative estimate of drug-likeness (QED) is 0.497. The molecule has 0 atom stereocenters. The fourth-order valence-corrected chi connectivity index (χ4v) is 3.72. The topological polar surface area (TPSA) is 118 Å². The van der Waals surface area contributed by atoms with Crippen molar-refractivity contribution in [2.75, 3.05) is 4.72 Å². The number of rotatable bonds is 5. The van der Waals surface area contributed by atoms with Gasteiger partial charge in [0.25, 0.3) is 15.9 Å². The van der Waals surface area contributed by atoms with Crippen LogP contribution in [0.1, 0.15) is 32.0 Å². The number of furan rings is 1. The van der Waals surface area contributed by atoms with Crippen LogP contribution in [0.25, 0.3) is 0 Å². The first-order valence-corrected chi connectivity index (χ1v) is 10.4. The number of carbonyl (C=O) groups excluding carboxylic acids is 2. The molecule has 8 nitrogen and oxygen atoms in total. The van der Waals surface area contributed by atoms with E-state index in [1.807, 2.05) is 4.72 Å². The molecule has 0 saturated heterocycles. The van der Waals surface area contributed by atoms with Crippen LogP contribution in [0.3, 0.4) is 0 Å². The van der Waals surface area contributed by atoms with Gasteiger partial charge < -0.3 is 4.42 Å². The molecule has 0 unspecified atom stereocenters. The van der Waals surface area contributed by atoms with Gasteiger partial charge in [-0.1, -0.05) is 12.1 Å². The molecule has 2 aromatic carbocycles. The average molecular weight is 467 g/mol. The highest BCUT2D eigenvalue weighted by molar-refractivity contribution is 7.92. The van der Waals surface area contributed by atoms with Gasteiger partial charge in [-0.3, -0.25) is 25.2 Å². The molecule has 168 valence electrons. The lowest BCUT2D eigenvalue weighted by atomic mass is 10.2. The summed E-state index contributed by atoms with van der Waals surface area (Å²) in [6, 6.07) is 9.98.